The number of nitrogen functional groups attached to an aromatic ring is 1. The molecule has 194 valence electrons. The molecule has 1 aliphatic heterocycles. The Balaban J connectivity index is 1.35. The molecule has 0 bridgehead atoms. The van der Waals surface area contributed by atoms with Gasteiger partial charge in [-0.15, -0.1) is 0 Å². The molecule has 0 amide bonds. The van der Waals surface area contributed by atoms with Crippen molar-refractivity contribution in [2.45, 2.75) is 32.4 Å². The van der Waals surface area contributed by atoms with E-state index in [0.29, 0.717) is 34.8 Å². The SMILES string of the molecule is N/C(=C\NCc1ccccc1)c1cc(-c2cc(-c3ccc(CN4CCCCC4)cc3)cnc2F)c(N)cn1. The van der Waals surface area contributed by atoms with Crippen molar-refractivity contribution in [1.29, 1.82) is 0 Å². The molecule has 6 nitrogen and oxygen atoms in total. The Morgan fingerprint density at radius 1 is 0.868 bits per heavy atom. The predicted octanol–water partition coefficient (Wildman–Crippen LogP) is 5.56. The van der Waals surface area contributed by atoms with Crippen LogP contribution >= 0.6 is 0 Å². The summed E-state index contributed by atoms with van der Waals surface area (Å²) in [6.07, 6.45) is 8.63. The highest BCUT2D eigenvalue weighted by molar-refractivity contribution is 5.81. The number of benzene rings is 2. The molecule has 0 spiro atoms. The molecule has 1 aliphatic rings. The van der Waals surface area contributed by atoms with Crippen LogP contribution in [0.1, 0.15) is 36.1 Å². The topological polar surface area (TPSA) is 93.1 Å². The van der Waals surface area contributed by atoms with Gasteiger partial charge in [-0.05, 0) is 54.8 Å². The van der Waals surface area contributed by atoms with E-state index in [0.717, 1.165) is 36.3 Å². The molecule has 7 heteroatoms. The summed E-state index contributed by atoms with van der Waals surface area (Å²) in [5.74, 6) is -0.593. The lowest BCUT2D eigenvalue weighted by molar-refractivity contribution is 0.221. The molecule has 0 saturated carbocycles. The minimum absolute atomic E-state index is 0.311. The highest BCUT2D eigenvalue weighted by atomic mass is 19.1. The van der Waals surface area contributed by atoms with Crippen LogP contribution in [0.25, 0.3) is 28.0 Å². The number of nitrogens with one attached hydrogen (secondary N) is 1. The van der Waals surface area contributed by atoms with Crippen LogP contribution < -0.4 is 16.8 Å². The number of halogens is 1. The molecule has 0 unspecified atom stereocenters. The van der Waals surface area contributed by atoms with E-state index in [-0.39, 0.29) is 0 Å². The van der Waals surface area contributed by atoms with Gasteiger partial charge in [-0.3, -0.25) is 9.88 Å². The van der Waals surface area contributed by atoms with Crippen LogP contribution in [-0.4, -0.2) is 28.0 Å². The molecular weight excluding hydrogens is 475 g/mol. The van der Waals surface area contributed by atoms with E-state index in [2.05, 4.69) is 44.5 Å². The lowest BCUT2D eigenvalue weighted by Crippen LogP contribution is -2.28. The van der Waals surface area contributed by atoms with Gasteiger partial charge in [0.15, 0.2) is 0 Å². The summed E-state index contributed by atoms with van der Waals surface area (Å²) in [5, 5.41) is 3.20. The molecule has 5 rings (SSSR count). The third-order valence-electron chi connectivity index (χ3n) is 6.91. The number of hydrogen-bond donors (Lipinski definition) is 3. The Morgan fingerprint density at radius 2 is 1.63 bits per heavy atom. The quantitative estimate of drug-likeness (QED) is 0.270. The molecule has 2 aromatic heterocycles. The van der Waals surface area contributed by atoms with Gasteiger partial charge in [-0.1, -0.05) is 61.0 Å². The fourth-order valence-corrected chi connectivity index (χ4v) is 4.78. The van der Waals surface area contributed by atoms with Gasteiger partial charge in [-0.2, -0.15) is 4.39 Å². The predicted molar refractivity (Wildman–Crippen MR) is 152 cm³/mol. The van der Waals surface area contributed by atoms with Crippen molar-refractivity contribution < 1.29 is 4.39 Å². The second-order valence-corrected chi connectivity index (χ2v) is 9.72. The number of likely N-dealkylation sites (tertiary alicyclic amines) is 1. The Labute approximate surface area is 223 Å². The Morgan fingerprint density at radius 3 is 2.39 bits per heavy atom. The zero-order valence-electron chi connectivity index (χ0n) is 21.4. The fourth-order valence-electron chi connectivity index (χ4n) is 4.78. The van der Waals surface area contributed by atoms with Crippen LogP contribution in [0.2, 0.25) is 0 Å². The number of nitrogens with two attached hydrogens (primary N) is 2. The van der Waals surface area contributed by atoms with E-state index in [1.165, 1.54) is 31.0 Å². The Bertz CT molecular complexity index is 1400. The smallest absolute Gasteiger partial charge is 0.220 e. The molecule has 0 radical (unpaired) electrons. The summed E-state index contributed by atoms with van der Waals surface area (Å²) >= 11 is 0. The molecule has 0 atom stereocenters. The maximum atomic E-state index is 14.9. The lowest BCUT2D eigenvalue weighted by Gasteiger charge is -2.26. The number of nitrogens with zero attached hydrogens (tertiary/aromatic N) is 3. The van der Waals surface area contributed by atoms with E-state index in [4.69, 9.17) is 11.5 Å². The zero-order chi connectivity index (χ0) is 26.3. The van der Waals surface area contributed by atoms with Crippen molar-refractivity contribution >= 4 is 11.4 Å². The molecule has 0 aliphatic carbocycles. The van der Waals surface area contributed by atoms with Crippen molar-refractivity contribution in [3.05, 3.63) is 108 Å². The third-order valence-corrected chi connectivity index (χ3v) is 6.91. The highest BCUT2D eigenvalue weighted by Gasteiger charge is 2.15. The third kappa shape index (κ3) is 6.18. The standard InChI is InChI=1S/C31H33FN6/c32-31-27(15-25(18-37-31)24-11-9-23(10-12-24)21-38-13-5-2-6-14-38)26-16-30(36-20-28(26)33)29(34)19-35-17-22-7-3-1-4-8-22/h1,3-4,7-12,15-16,18-20,35H,2,5-6,13-14,17,21,33-34H2/b29-19-. The van der Waals surface area contributed by atoms with Crippen LogP contribution in [0, 0.1) is 5.95 Å². The number of hydrogen-bond acceptors (Lipinski definition) is 6. The molecule has 4 aromatic rings. The normalized spacial score (nSPS) is 14.4. The monoisotopic (exact) mass is 508 g/mol. The molecule has 2 aromatic carbocycles. The first-order valence-corrected chi connectivity index (χ1v) is 13.0. The van der Waals surface area contributed by atoms with Crippen molar-refractivity contribution in [2.75, 3.05) is 18.8 Å². The van der Waals surface area contributed by atoms with Crippen LogP contribution in [-0.2, 0) is 13.1 Å². The summed E-state index contributed by atoms with van der Waals surface area (Å²) in [4.78, 5) is 10.9. The number of pyridine rings is 2. The van der Waals surface area contributed by atoms with E-state index >= 15 is 0 Å². The van der Waals surface area contributed by atoms with E-state index in [9.17, 15) is 4.39 Å². The summed E-state index contributed by atoms with van der Waals surface area (Å²) in [6.45, 7) is 3.90. The van der Waals surface area contributed by atoms with Gasteiger partial charge in [0.2, 0.25) is 5.95 Å². The van der Waals surface area contributed by atoms with Crippen LogP contribution in [0.4, 0.5) is 10.1 Å². The molecule has 3 heterocycles. The van der Waals surface area contributed by atoms with Gasteiger partial charge in [0.25, 0.3) is 0 Å². The second-order valence-electron chi connectivity index (χ2n) is 9.72. The molecule has 1 fully saturated rings. The first-order valence-electron chi connectivity index (χ1n) is 13.0. The fraction of sp³-hybridized carbons (Fsp3) is 0.226. The molecule has 1 saturated heterocycles. The van der Waals surface area contributed by atoms with Gasteiger partial charge >= 0.3 is 0 Å². The lowest BCUT2D eigenvalue weighted by atomic mass is 9.99. The van der Waals surface area contributed by atoms with Gasteiger partial charge in [-0.25, -0.2) is 4.98 Å². The number of rotatable bonds is 8. The highest BCUT2D eigenvalue weighted by Crippen LogP contribution is 2.32. The molecule has 38 heavy (non-hydrogen) atoms. The van der Waals surface area contributed by atoms with Crippen LogP contribution in [0.5, 0.6) is 0 Å². The van der Waals surface area contributed by atoms with E-state index in [1.807, 2.05) is 30.3 Å². The van der Waals surface area contributed by atoms with Crippen LogP contribution in [0.3, 0.4) is 0 Å². The van der Waals surface area contributed by atoms with E-state index < -0.39 is 5.95 Å². The molecule has 5 N–H and O–H groups in total. The average molecular weight is 509 g/mol. The Hall–Kier alpha value is -4.23. The minimum Gasteiger partial charge on any atom is -0.397 e. The first-order chi connectivity index (χ1) is 18.6. The first kappa shape index (κ1) is 25.4. The maximum absolute atomic E-state index is 14.9. The number of aromatic nitrogens is 2. The van der Waals surface area contributed by atoms with Crippen molar-refractivity contribution in [3.8, 4) is 22.3 Å². The molecular formula is C31H33FN6. The minimum atomic E-state index is -0.593. The van der Waals surface area contributed by atoms with Gasteiger partial charge in [0.1, 0.15) is 0 Å². The summed E-state index contributed by atoms with van der Waals surface area (Å²) < 4.78 is 14.9. The van der Waals surface area contributed by atoms with Crippen molar-refractivity contribution in [3.63, 3.8) is 0 Å². The number of piperidine rings is 1. The average Bonchev–Trinajstić information content (AvgIpc) is 2.95. The van der Waals surface area contributed by atoms with E-state index in [1.54, 1.807) is 24.5 Å². The summed E-state index contributed by atoms with van der Waals surface area (Å²) in [7, 11) is 0. The second kappa shape index (κ2) is 11.9. The summed E-state index contributed by atoms with van der Waals surface area (Å²) in [5.41, 5.74) is 18.8. The van der Waals surface area contributed by atoms with Crippen molar-refractivity contribution in [1.82, 2.24) is 20.2 Å². The van der Waals surface area contributed by atoms with Gasteiger partial charge in [0, 0.05) is 42.2 Å². The van der Waals surface area contributed by atoms with Gasteiger partial charge < -0.3 is 16.8 Å². The maximum Gasteiger partial charge on any atom is 0.220 e. The van der Waals surface area contributed by atoms with Gasteiger partial charge in [0.05, 0.1) is 23.3 Å². The van der Waals surface area contributed by atoms with Crippen LogP contribution in [0.15, 0.2) is 85.3 Å². The van der Waals surface area contributed by atoms with Crippen molar-refractivity contribution in [2.24, 2.45) is 5.73 Å². The zero-order valence-corrected chi connectivity index (χ0v) is 21.4. The summed E-state index contributed by atoms with van der Waals surface area (Å²) in [6, 6.07) is 21.9. The largest absolute Gasteiger partial charge is 0.397 e. The number of anilines is 1. The Kier molecular flexibility index (Phi) is 7.95.